The molecule has 17 heavy (non-hydrogen) atoms. The van der Waals surface area contributed by atoms with E-state index in [-0.39, 0.29) is 22.2 Å². The fraction of sp³-hybridized carbons (Fsp3) is 0.300. The van der Waals surface area contributed by atoms with Crippen LogP contribution in [0.1, 0.15) is 18.4 Å². The van der Waals surface area contributed by atoms with E-state index in [0.29, 0.717) is 0 Å². The molecule has 0 aromatic heterocycles. The van der Waals surface area contributed by atoms with Crippen molar-refractivity contribution >= 4 is 15.7 Å². The van der Waals surface area contributed by atoms with Crippen LogP contribution in [0.2, 0.25) is 0 Å². The van der Waals surface area contributed by atoms with Crippen LogP contribution in [0.25, 0.3) is 0 Å². The van der Waals surface area contributed by atoms with Gasteiger partial charge >= 0.3 is 0 Å². The fourth-order valence-corrected chi connectivity index (χ4v) is 2.13. The standard InChI is InChI=1S/C10H10FN3O2S/c11-8-4-10(17(13,15)16)9(3-6(8)5-12)14-7-1-2-7/h3-4,7,14H,1-2H2,(H2,13,15,16). The zero-order valence-electron chi connectivity index (χ0n) is 8.77. The molecule has 1 aromatic carbocycles. The van der Waals surface area contributed by atoms with Gasteiger partial charge in [-0.1, -0.05) is 0 Å². The predicted molar refractivity (Wildman–Crippen MR) is 59.1 cm³/mol. The largest absolute Gasteiger partial charge is 0.381 e. The summed E-state index contributed by atoms with van der Waals surface area (Å²) in [6.07, 6.45) is 1.84. The van der Waals surface area contributed by atoms with E-state index in [1.807, 2.05) is 0 Å². The summed E-state index contributed by atoms with van der Waals surface area (Å²) in [6, 6.07) is 3.78. The van der Waals surface area contributed by atoms with Gasteiger partial charge in [-0.2, -0.15) is 5.26 Å². The number of sulfonamides is 1. The summed E-state index contributed by atoms with van der Waals surface area (Å²) < 4.78 is 35.9. The van der Waals surface area contributed by atoms with Crippen molar-refractivity contribution in [3.8, 4) is 6.07 Å². The summed E-state index contributed by atoms with van der Waals surface area (Å²) in [5.41, 5.74) is -0.0199. The molecule has 1 fully saturated rings. The molecule has 5 nitrogen and oxygen atoms in total. The topological polar surface area (TPSA) is 96.0 Å². The van der Waals surface area contributed by atoms with Gasteiger partial charge in [0.25, 0.3) is 0 Å². The second kappa shape index (κ2) is 3.98. The molecule has 2 rings (SSSR count). The molecule has 0 saturated heterocycles. The van der Waals surface area contributed by atoms with Crippen LogP contribution in [0, 0.1) is 17.1 Å². The van der Waals surface area contributed by atoms with Gasteiger partial charge in [-0.05, 0) is 25.0 Å². The smallest absolute Gasteiger partial charge is 0.240 e. The summed E-state index contributed by atoms with van der Waals surface area (Å²) >= 11 is 0. The van der Waals surface area contributed by atoms with Crippen molar-refractivity contribution in [1.82, 2.24) is 0 Å². The maximum atomic E-state index is 13.3. The maximum Gasteiger partial charge on any atom is 0.240 e. The van der Waals surface area contributed by atoms with E-state index >= 15 is 0 Å². The van der Waals surface area contributed by atoms with Gasteiger partial charge in [0.05, 0.1) is 11.3 Å². The summed E-state index contributed by atoms with van der Waals surface area (Å²) in [4.78, 5) is -0.319. The lowest BCUT2D eigenvalue weighted by Crippen LogP contribution is -2.16. The van der Waals surface area contributed by atoms with Gasteiger partial charge in [-0.3, -0.25) is 0 Å². The Balaban J connectivity index is 2.55. The van der Waals surface area contributed by atoms with Gasteiger partial charge in [0.15, 0.2) is 0 Å². The van der Waals surface area contributed by atoms with Crippen LogP contribution in [0.5, 0.6) is 0 Å². The van der Waals surface area contributed by atoms with E-state index in [0.717, 1.165) is 18.9 Å². The first kappa shape index (κ1) is 11.8. The molecule has 0 radical (unpaired) electrons. The normalized spacial score (nSPS) is 15.4. The van der Waals surface area contributed by atoms with Crippen LogP contribution >= 0.6 is 0 Å². The Morgan fingerprint density at radius 2 is 2.12 bits per heavy atom. The summed E-state index contributed by atoms with van der Waals surface area (Å²) in [6.45, 7) is 0. The van der Waals surface area contributed by atoms with Gasteiger partial charge in [0, 0.05) is 6.04 Å². The highest BCUT2D eigenvalue weighted by atomic mass is 32.2. The van der Waals surface area contributed by atoms with Gasteiger partial charge in [0.2, 0.25) is 10.0 Å². The molecule has 0 unspecified atom stereocenters. The number of nitrogens with zero attached hydrogens (tertiary/aromatic N) is 1. The molecule has 0 spiro atoms. The molecule has 0 amide bonds. The van der Waals surface area contributed by atoms with Crippen molar-refractivity contribution in [2.75, 3.05) is 5.32 Å². The Labute approximate surface area is 98.1 Å². The van der Waals surface area contributed by atoms with Crippen molar-refractivity contribution in [1.29, 1.82) is 5.26 Å². The third-order valence-electron chi connectivity index (χ3n) is 2.43. The van der Waals surface area contributed by atoms with Crippen molar-refractivity contribution in [3.05, 3.63) is 23.5 Å². The van der Waals surface area contributed by atoms with Crippen molar-refractivity contribution < 1.29 is 12.8 Å². The van der Waals surface area contributed by atoms with E-state index in [2.05, 4.69) is 5.32 Å². The number of nitriles is 1. The van der Waals surface area contributed by atoms with Gasteiger partial charge < -0.3 is 5.32 Å². The van der Waals surface area contributed by atoms with Crippen molar-refractivity contribution in [2.24, 2.45) is 5.14 Å². The van der Waals surface area contributed by atoms with Crippen LogP contribution < -0.4 is 10.5 Å². The number of hydrogen-bond acceptors (Lipinski definition) is 4. The van der Waals surface area contributed by atoms with E-state index in [4.69, 9.17) is 10.4 Å². The minimum atomic E-state index is -4.01. The van der Waals surface area contributed by atoms with Gasteiger partial charge in [-0.25, -0.2) is 17.9 Å². The lowest BCUT2D eigenvalue weighted by molar-refractivity contribution is 0.592. The van der Waals surface area contributed by atoms with Gasteiger partial charge in [0.1, 0.15) is 16.8 Å². The summed E-state index contributed by atoms with van der Waals surface area (Å²) in [7, 11) is -4.01. The highest BCUT2D eigenvalue weighted by Crippen LogP contribution is 2.30. The lowest BCUT2D eigenvalue weighted by Gasteiger charge is -2.10. The van der Waals surface area contributed by atoms with Crippen LogP contribution in [-0.4, -0.2) is 14.5 Å². The second-order valence-corrected chi connectivity index (χ2v) is 5.43. The minimum absolute atomic E-state index is 0.174. The number of nitrogens with one attached hydrogen (secondary N) is 1. The average Bonchev–Trinajstić information content (AvgIpc) is 3.02. The second-order valence-electron chi connectivity index (χ2n) is 3.90. The number of halogens is 1. The molecule has 0 heterocycles. The average molecular weight is 255 g/mol. The summed E-state index contributed by atoms with van der Waals surface area (Å²) in [5.74, 6) is -0.891. The third-order valence-corrected chi connectivity index (χ3v) is 3.38. The molecule has 0 bridgehead atoms. The molecule has 90 valence electrons. The first-order chi connectivity index (χ1) is 7.91. The Bertz CT molecular complexity index is 603. The molecule has 0 atom stereocenters. The number of anilines is 1. The lowest BCUT2D eigenvalue weighted by atomic mass is 10.2. The molecular formula is C10H10FN3O2S. The molecular weight excluding hydrogens is 245 g/mol. The molecule has 1 aromatic rings. The quantitative estimate of drug-likeness (QED) is 0.839. The first-order valence-electron chi connectivity index (χ1n) is 4.95. The SMILES string of the molecule is N#Cc1cc(NC2CC2)c(S(N)(=O)=O)cc1F. The van der Waals surface area contributed by atoms with E-state index in [1.165, 1.54) is 6.07 Å². The first-order valence-corrected chi connectivity index (χ1v) is 6.49. The van der Waals surface area contributed by atoms with Crippen LogP contribution in [0.4, 0.5) is 10.1 Å². The summed E-state index contributed by atoms with van der Waals surface area (Å²) in [5, 5.41) is 16.6. The Morgan fingerprint density at radius 3 is 2.59 bits per heavy atom. The van der Waals surface area contributed by atoms with Crippen LogP contribution in [0.15, 0.2) is 17.0 Å². The monoisotopic (exact) mass is 255 g/mol. The fourth-order valence-electron chi connectivity index (χ4n) is 1.44. The number of primary sulfonamides is 1. The Hall–Kier alpha value is -1.65. The number of nitrogens with two attached hydrogens (primary N) is 1. The van der Waals surface area contributed by atoms with E-state index in [9.17, 15) is 12.8 Å². The number of benzene rings is 1. The number of rotatable bonds is 3. The zero-order valence-corrected chi connectivity index (χ0v) is 9.59. The van der Waals surface area contributed by atoms with Crippen LogP contribution in [0.3, 0.4) is 0 Å². The molecule has 1 saturated carbocycles. The highest BCUT2D eigenvalue weighted by molar-refractivity contribution is 7.89. The van der Waals surface area contributed by atoms with Crippen molar-refractivity contribution in [2.45, 2.75) is 23.8 Å². The molecule has 1 aliphatic carbocycles. The number of hydrogen-bond donors (Lipinski definition) is 2. The van der Waals surface area contributed by atoms with Gasteiger partial charge in [-0.15, -0.1) is 0 Å². The molecule has 3 N–H and O–H groups in total. The molecule has 7 heteroatoms. The predicted octanol–water partition coefficient (Wildman–Crippen LogP) is 0.919. The maximum absolute atomic E-state index is 13.3. The molecule has 0 aliphatic heterocycles. The Morgan fingerprint density at radius 1 is 1.47 bits per heavy atom. The highest BCUT2D eigenvalue weighted by Gasteiger charge is 2.25. The minimum Gasteiger partial charge on any atom is -0.381 e. The van der Waals surface area contributed by atoms with E-state index < -0.39 is 15.8 Å². The van der Waals surface area contributed by atoms with E-state index in [1.54, 1.807) is 6.07 Å². The van der Waals surface area contributed by atoms with Crippen LogP contribution in [-0.2, 0) is 10.0 Å². The molecule has 1 aliphatic rings. The third kappa shape index (κ3) is 2.54. The Kier molecular flexibility index (Phi) is 2.77. The zero-order chi connectivity index (χ0) is 12.6. The van der Waals surface area contributed by atoms with Crippen molar-refractivity contribution in [3.63, 3.8) is 0 Å².